The number of aromatic hydroxyl groups is 2. The third-order valence-corrected chi connectivity index (χ3v) is 2.47. The predicted molar refractivity (Wildman–Crippen MR) is 54.8 cm³/mol. The fourth-order valence-corrected chi connectivity index (χ4v) is 1.60. The molecule has 0 atom stereocenters. The lowest BCUT2D eigenvalue weighted by Crippen LogP contribution is -2.01. The molecule has 78 valence electrons. The van der Waals surface area contributed by atoms with Crippen molar-refractivity contribution in [2.24, 2.45) is 5.73 Å². The zero-order valence-corrected chi connectivity index (χ0v) is 9.01. The zero-order chi connectivity index (χ0) is 10.7. The molecule has 0 unspecified atom stereocenters. The minimum absolute atomic E-state index is 0.139. The molecule has 4 N–H and O–H groups in total. The van der Waals surface area contributed by atoms with E-state index in [1.807, 2.05) is 0 Å². The molecular weight excluding hydrogens is 253 g/mol. The molecule has 0 saturated carbocycles. The first-order chi connectivity index (χ1) is 6.57. The van der Waals surface area contributed by atoms with E-state index in [0.717, 1.165) is 0 Å². The Morgan fingerprint density at radius 1 is 1.36 bits per heavy atom. The highest BCUT2D eigenvalue weighted by Gasteiger charge is 2.15. The van der Waals surface area contributed by atoms with Crippen molar-refractivity contribution >= 4 is 15.9 Å². The van der Waals surface area contributed by atoms with E-state index >= 15 is 0 Å². The first kappa shape index (κ1) is 11.3. The third kappa shape index (κ3) is 2.16. The minimum atomic E-state index is -0.848. The molecule has 1 aromatic carbocycles. The van der Waals surface area contributed by atoms with Crippen molar-refractivity contribution in [2.45, 2.75) is 12.8 Å². The number of phenols is 2. The van der Waals surface area contributed by atoms with Gasteiger partial charge in [0.25, 0.3) is 0 Å². The largest absolute Gasteiger partial charge is 0.504 e. The van der Waals surface area contributed by atoms with Crippen LogP contribution in [0.5, 0.6) is 11.5 Å². The maximum Gasteiger partial charge on any atom is 0.195 e. The van der Waals surface area contributed by atoms with Crippen LogP contribution in [0.15, 0.2) is 10.5 Å². The van der Waals surface area contributed by atoms with E-state index in [1.165, 1.54) is 6.07 Å². The van der Waals surface area contributed by atoms with Crippen LogP contribution in [0.25, 0.3) is 0 Å². The summed E-state index contributed by atoms with van der Waals surface area (Å²) in [6, 6.07) is 1.44. The molecule has 0 aromatic heterocycles. The van der Waals surface area contributed by atoms with Gasteiger partial charge in [-0.25, -0.2) is 4.39 Å². The number of hydrogen-bond acceptors (Lipinski definition) is 3. The lowest BCUT2D eigenvalue weighted by atomic mass is 10.1. The quantitative estimate of drug-likeness (QED) is 0.730. The van der Waals surface area contributed by atoms with E-state index < -0.39 is 17.3 Å². The highest BCUT2D eigenvalue weighted by molar-refractivity contribution is 9.10. The number of benzene rings is 1. The van der Waals surface area contributed by atoms with E-state index in [-0.39, 0.29) is 4.47 Å². The van der Waals surface area contributed by atoms with E-state index in [2.05, 4.69) is 15.9 Å². The molecule has 0 heterocycles. The Labute approximate surface area is 89.5 Å². The van der Waals surface area contributed by atoms with Gasteiger partial charge in [0, 0.05) is 0 Å². The molecule has 0 fully saturated rings. The summed E-state index contributed by atoms with van der Waals surface area (Å²) in [4.78, 5) is 0. The Morgan fingerprint density at radius 2 is 2.00 bits per heavy atom. The van der Waals surface area contributed by atoms with Gasteiger partial charge in [0.05, 0.1) is 4.47 Å². The minimum Gasteiger partial charge on any atom is -0.504 e. The molecular formula is C9H11BrFNO2. The summed E-state index contributed by atoms with van der Waals surface area (Å²) in [6.45, 7) is 0.481. The highest BCUT2D eigenvalue weighted by Crippen LogP contribution is 2.36. The van der Waals surface area contributed by atoms with Crippen molar-refractivity contribution in [2.75, 3.05) is 6.54 Å². The Morgan fingerprint density at radius 3 is 2.57 bits per heavy atom. The topological polar surface area (TPSA) is 66.5 Å². The Balaban J connectivity index is 3.06. The van der Waals surface area contributed by atoms with Crippen molar-refractivity contribution in [3.8, 4) is 11.5 Å². The van der Waals surface area contributed by atoms with E-state index in [4.69, 9.17) is 5.73 Å². The summed E-state index contributed by atoms with van der Waals surface area (Å²) in [5, 5.41) is 18.6. The summed E-state index contributed by atoms with van der Waals surface area (Å²) in [5.74, 6) is -1.97. The van der Waals surface area contributed by atoms with Crippen LogP contribution in [-0.2, 0) is 6.42 Å². The average Bonchev–Trinajstić information content (AvgIpc) is 2.18. The molecule has 1 aromatic rings. The molecule has 0 aliphatic carbocycles. The maximum atomic E-state index is 13.0. The van der Waals surface area contributed by atoms with Gasteiger partial charge in [-0.3, -0.25) is 0 Å². The van der Waals surface area contributed by atoms with E-state index in [1.54, 1.807) is 0 Å². The monoisotopic (exact) mass is 263 g/mol. The molecule has 0 radical (unpaired) electrons. The average molecular weight is 264 g/mol. The Hall–Kier alpha value is -0.810. The molecule has 0 bridgehead atoms. The number of phenolic OH excluding ortho intramolecular Hbond substituents is 2. The second kappa shape index (κ2) is 4.61. The fourth-order valence-electron chi connectivity index (χ4n) is 1.14. The van der Waals surface area contributed by atoms with Gasteiger partial charge in [0.2, 0.25) is 0 Å². The van der Waals surface area contributed by atoms with Crippen LogP contribution in [0.1, 0.15) is 12.0 Å². The van der Waals surface area contributed by atoms with Gasteiger partial charge in [0.1, 0.15) is 0 Å². The summed E-state index contributed by atoms with van der Waals surface area (Å²) in [7, 11) is 0. The SMILES string of the molecule is NCCCc1cc(Br)c(F)c(O)c1O. The third-order valence-electron chi connectivity index (χ3n) is 1.90. The van der Waals surface area contributed by atoms with Crippen molar-refractivity contribution in [1.29, 1.82) is 0 Å². The van der Waals surface area contributed by atoms with Gasteiger partial charge in [-0.1, -0.05) is 0 Å². The predicted octanol–water partition coefficient (Wildman–Crippen LogP) is 1.89. The number of halogens is 2. The molecule has 3 nitrogen and oxygen atoms in total. The van der Waals surface area contributed by atoms with Crippen molar-refractivity contribution in [3.63, 3.8) is 0 Å². The van der Waals surface area contributed by atoms with Crippen LogP contribution in [-0.4, -0.2) is 16.8 Å². The molecule has 1 rings (SSSR count). The fraction of sp³-hybridized carbons (Fsp3) is 0.333. The standard InChI is InChI=1S/C9H11BrFNO2/c10-6-4-5(2-1-3-12)8(13)9(14)7(6)11/h4,13-14H,1-3,12H2. The maximum absolute atomic E-state index is 13.0. The van der Waals surface area contributed by atoms with Crippen LogP contribution >= 0.6 is 15.9 Å². The van der Waals surface area contributed by atoms with Gasteiger partial charge in [-0.2, -0.15) is 0 Å². The van der Waals surface area contributed by atoms with Crippen LogP contribution < -0.4 is 5.73 Å². The van der Waals surface area contributed by atoms with Gasteiger partial charge >= 0.3 is 0 Å². The molecule has 0 spiro atoms. The normalized spacial score (nSPS) is 10.5. The molecule has 5 heteroatoms. The second-order valence-corrected chi connectivity index (χ2v) is 3.78. The Bertz CT molecular complexity index is 344. The lowest BCUT2D eigenvalue weighted by Gasteiger charge is -2.07. The van der Waals surface area contributed by atoms with Crippen molar-refractivity contribution in [3.05, 3.63) is 21.9 Å². The van der Waals surface area contributed by atoms with Gasteiger partial charge < -0.3 is 15.9 Å². The molecule has 0 aliphatic rings. The molecule has 14 heavy (non-hydrogen) atoms. The Kier molecular flexibility index (Phi) is 3.71. The number of rotatable bonds is 3. The van der Waals surface area contributed by atoms with Gasteiger partial charge in [-0.05, 0) is 46.9 Å². The summed E-state index contributed by atoms with van der Waals surface area (Å²) in [6.07, 6.45) is 1.18. The summed E-state index contributed by atoms with van der Waals surface area (Å²) < 4.78 is 13.2. The summed E-state index contributed by atoms with van der Waals surface area (Å²) >= 11 is 2.95. The van der Waals surface area contributed by atoms with E-state index in [9.17, 15) is 14.6 Å². The molecule has 0 amide bonds. The summed E-state index contributed by atoms with van der Waals surface area (Å²) in [5.41, 5.74) is 5.79. The number of aryl methyl sites for hydroxylation is 1. The molecule has 0 aliphatic heterocycles. The van der Waals surface area contributed by atoms with Gasteiger partial charge in [0.15, 0.2) is 17.3 Å². The number of hydrogen-bond donors (Lipinski definition) is 3. The van der Waals surface area contributed by atoms with Crippen LogP contribution in [0.3, 0.4) is 0 Å². The van der Waals surface area contributed by atoms with Crippen LogP contribution in [0.4, 0.5) is 4.39 Å². The first-order valence-electron chi connectivity index (χ1n) is 4.16. The van der Waals surface area contributed by atoms with Crippen LogP contribution in [0.2, 0.25) is 0 Å². The number of nitrogens with two attached hydrogens (primary N) is 1. The highest BCUT2D eigenvalue weighted by atomic mass is 79.9. The van der Waals surface area contributed by atoms with Gasteiger partial charge in [-0.15, -0.1) is 0 Å². The van der Waals surface area contributed by atoms with Crippen molar-refractivity contribution in [1.82, 2.24) is 0 Å². The molecule has 0 saturated heterocycles. The second-order valence-electron chi connectivity index (χ2n) is 2.92. The van der Waals surface area contributed by atoms with E-state index in [0.29, 0.717) is 24.9 Å². The lowest BCUT2D eigenvalue weighted by molar-refractivity contribution is 0.373. The zero-order valence-electron chi connectivity index (χ0n) is 7.43. The first-order valence-corrected chi connectivity index (χ1v) is 4.96. The smallest absolute Gasteiger partial charge is 0.195 e. The van der Waals surface area contributed by atoms with Crippen LogP contribution in [0, 0.1) is 5.82 Å². The van der Waals surface area contributed by atoms with Crippen molar-refractivity contribution < 1.29 is 14.6 Å².